The first-order chi connectivity index (χ1) is 9.38. The molecule has 1 fully saturated rings. The molecule has 0 saturated carbocycles. The van der Waals surface area contributed by atoms with Gasteiger partial charge in [-0.3, -0.25) is 9.59 Å². The van der Waals surface area contributed by atoms with E-state index in [2.05, 4.69) is 5.32 Å². The molecule has 8 heteroatoms. The van der Waals surface area contributed by atoms with Gasteiger partial charge in [0.2, 0.25) is 11.8 Å². The second-order valence-corrected chi connectivity index (χ2v) is 5.36. The molecule has 1 aromatic rings. The smallest absolute Gasteiger partial charge is 0.351 e. The Morgan fingerprint density at radius 2 is 2.20 bits per heavy atom. The predicted molar refractivity (Wildman–Crippen MR) is 66.9 cm³/mol. The molecule has 2 heterocycles. The normalized spacial score (nSPS) is 23.2. The van der Waals surface area contributed by atoms with Gasteiger partial charge in [0.15, 0.2) is 0 Å². The number of halogens is 3. The van der Waals surface area contributed by atoms with Gasteiger partial charge < -0.3 is 10.6 Å². The lowest BCUT2D eigenvalue weighted by Crippen LogP contribution is -2.54. The molecule has 1 aliphatic rings. The molecular weight excluding hydrogens is 293 g/mol. The summed E-state index contributed by atoms with van der Waals surface area (Å²) in [7, 11) is 0. The van der Waals surface area contributed by atoms with Crippen LogP contribution in [0.5, 0.6) is 0 Å². The van der Waals surface area contributed by atoms with Gasteiger partial charge in [-0.1, -0.05) is 0 Å². The number of thiophene rings is 1. The van der Waals surface area contributed by atoms with Crippen LogP contribution in [0, 0.1) is 5.92 Å². The summed E-state index contributed by atoms with van der Waals surface area (Å²) in [6.07, 6.45) is -4.83. The minimum atomic E-state index is -4.46. The molecule has 2 amide bonds. The lowest BCUT2D eigenvalue weighted by atomic mass is 9.93. The quantitative estimate of drug-likeness (QED) is 0.837. The molecule has 1 aliphatic heterocycles. The van der Waals surface area contributed by atoms with Crippen molar-refractivity contribution in [3.63, 3.8) is 0 Å². The molecule has 2 atom stereocenters. The molecule has 4 nitrogen and oxygen atoms in total. The number of carbonyl (C=O) groups is 2. The number of hydrogen-bond acceptors (Lipinski definition) is 3. The second kappa shape index (κ2) is 5.82. The minimum Gasteiger partial charge on any atom is -0.351 e. The molecule has 1 aromatic heterocycles. The predicted octanol–water partition coefficient (Wildman–Crippen LogP) is 1.82. The van der Waals surface area contributed by atoms with Crippen molar-refractivity contribution in [2.75, 3.05) is 0 Å². The number of carbonyl (C=O) groups excluding carboxylic acids is 2. The highest BCUT2D eigenvalue weighted by Gasteiger charge is 2.45. The summed E-state index contributed by atoms with van der Waals surface area (Å²) in [5.74, 6) is -2.44. The molecule has 0 unspecified atom stereocenters. The highest BCUT2D eigenvalue weighted by molar-refractivity contribution is 7.07. The molecule has 20 heavy (non-hydrogen) atoms. The third-order valence-electron chi connectivity index (χ3n) is 3.14. The fourth-order valence-electron chi connectivity index (χ4n) is 2.01. The average molecular weight is 306 g/mol. The van der Waals surface area contributed by atoms with Crippen molar-refractivity contribution in [1.29, 1.82) is 0 Å². The number of piperidine rings is 1. The number of hydrogen-bond donors (Lipinski definition) is 2. The summed E-state index contributed by atoms with van der Waals surface area (Å²) >= 11 is 1.47. The maximum absolute atomic E-state index is 12.5. The Hall–Kier alpha value is -1.57. The fourth-order valence-corrected chi connectivity index (χ4v) is 2.68. The maximum Gasteiger partial charge on any atom is 0.408 e. The van der Waals surface area contributed by atoms with E-state index < -0.39 is 30.0 Å². The van der Waals surface area contributed by atoms with Crippen molar-refractivity contribution >= 4 is 23.2 Å². The molecule has 2 N–H and O–H groups in total. The number of nitrogens with one attached hydrogen (secondary N) is 2. The van der Waals surface area contributed by atoms with Crippen LogP contribution in [0.3, 0.4) is 0 Å². The molecule has 1 saturated heterocycles. The van der Waals surface area contributed by atoms with Gasteiger partial charge in [-0.25, -0.2) is 0 Å². The minimum absolute atomic E-state index is 0.0918. The van der Waals surface area contributed by atoms with Crippen LogP contribution in [0.1, 0.15) is 18.4 Å². The van der Waals surface area contributed by atoms with Crippen LogP contribution in [0.2, 0.25) is 0 Å². The Balaban J connectivity index is 1.87. The van der Waals surface area contributed by atoms with Crippen molar-refractivity contribution in [2.24, 2.45) is 5.92 Å². The van der Waals surface area contributed by atoms with Crippen LogP contribution in [0.4, 0.5) is 13.2 Å². The summed E-state index contributed by atoms with van der Waals surface area (Å²) in [5.41, 5.74) is 0.896. The van der Waals surface area contributed by atoms with Crippen LogP contribution in [0.15, 0.2) is 16.8 Å². The SMILES string of the molecule is O=C(NCc1ccsc1)[C@@H]1CC[C@H](C(F)(F)F)NC1=O. The maximum atomic E-state index is 12.5. The van der Waals surface area contributed by atoms with Gasteiger partial charge >= 0.3 is 6.18 Å². The van der Waals surface area contributed by atoms with Gasteiger partial charge in [-0.15, -0.1) is 0 Å². The molecule has 0 aliphatic carbocycles. The third-order valence-corrected chi connectivity index (χ3v) is 3.87. The first-order valence-electron chi connectivity index (χ1n) is 6.04. The summed E-state index contributed by atoms with van der Waals surface area (Å²) in [4.78, 5) is 23.4. The molecule has 0 spiro atoms. The van der Waals surface area contributed by atoms with Crippen LogP contribution < -0.4 is 10.6 Å². The fraction of sp³-hybridized carbons (Fsp3) is 0.500. The number of rotatable bonds is 3. The Labute approximate surface area is 117 Å². The van der Waals surface area contributed by atoms with Gasteiger partial charge in [-0.2, -0.15) is 24.5 Å². The standard InChI is InChI=1S/C12H13F3N2O2S/c13-12(14,15)9-2-1-8(11(19)17-9)10(18)16-5-7-3-4-20-6-7/h3-4,6,8-9H,1-2,5H2,(H,16,18)(H,17,19)/t8-,9+/m0/s1. The topological polar surface area (TPSA) is 58.2 Å². The zero-order valence-electron chi connectivity index (χ0n) is 10.4. The van der Waals surface area contributed by atoms with Crippen LogP contribution in [-0.4, -0.2) is 24.0 Å². The van der Waals surface area contributed by atoms with Crippen molar-refractivity contribution in [1.82, 2.24) is 10.6 Å². The second-order valence-electron chi connectivity index (χ2n) is 4.58. The van der Waals surface area contributed by atoms with E-state index in [-0.39, 0.29) is 19.4 Å². The van der Waals surface area contributed by atoms with Crippen molar-refractivity contribution in [3.8, 4) is 0 Å². The highest BCUT2D eigenvalue weighted by Crippen LogP contribution is 2.28. The largest absolute Gasteiger partial charge is 0.408 e. The summed E-state index contributed by atoms with van der Waals surface area (Å²) < 4.78 is 37.4. The monoisotopic (exact) mass is 306 g/mol. The molecular formula is C12H13F3N2O2S. The van der Waals surface area contributed by atoms with E-state index in [1.807, 2.05) is 22.1 Å². The van der Waals surface area contributed by atoms with Gasteiger partial charge in [0.25, 0.3) is 0 Å². The highest BCUT2D eigenvalue weighted by atomic mass is 32.1. The van der Waals surface area contributed by atoms with Crippen LogP contribution in [0.25, 0.3) is 0 Å². The summed E-state index contributed by atoms with van der Waals surface area (Å²) in [6, 6.07) is -0.0260. The lowest BCUT2D eigenvalue weighted by Gasteiger charge is -2.29. The average Bonchev–Trinajstić information content (AvgIpc) is 2.87. The molecule has 110 valence electrons. The Bertz CT molecular complexity index is 487. The van der Waals surface area contributed by atoms with E-state index in [1.54, 1.807) is 0 Å². The van der Waals surface area contributed by atoms with Gasteiger partial charge in [0.1, 0.15) is 12.0 Å². The Kier molecular flexibility index (Phi) is 4.32. The van der Waals surface area contributed by atoms with E-state index in [9.17, 15) is 22.8 Å². The van der Waals surface area contributed by atoms with Gasteiger partial charge in [0, 0.05) is 6.54 Å². The van der Waals surface area contributed by atoms with E-state index in [0.717, 1.165) is 5.56 Å². The third kappa shape index (κ3) is 3.50. The van der Waals surface area contributed by atoms with Crippen LogP contribution in [-0.2, 0) is 16.1 Å². The number of alkyl halides is 3. The van der Waals surface area contributed by atoms with Crippen molar-refractivity contribution < 1.29 is 22.8 Å². The van der Waals surface area contributed by atoms with E-state index in [4.69, 9.17) is 0 Å². The number of amides is 2. The van der Waals surface area contributed by atoms with Gasteiger partial charge in [0.05, 0.1) is 0 Å². The van der Waals surface area contributed by atoms with E-state index >= 15 is 0 Å². The molecule has 0 aromatic carbocycles. The van der Waals surface area contributed by atoms with Crippen LogP contribution >= 0.6 is 11.3 Å². The van der Waals surface area contributed by atoms with Gasteiger partial charge in [-0.05, 0) is 35.2 Å². The molecule has 0 radical (unpaired) electrons. The Morgan fingerprint density at radius 3 is 2.75 bits per heavy atom. The van der Waals surface area contributed by atoms with Crippen molar-refractivity contribution in [3.05, 3.63) is 22.4 Å². The lowest BCUT2D eigenvalue weighted by molar-refractivity contribution is -0.171. The van der Waals surface area contributed by atoms with E-state index in [1.165, 1.54) is 11.3 Å². The summed E-state index contributed by atoms with van der Waals surface area (Å²) in [6.45, 7) is 0.273. The first kappa shape index (κ1) is 14.8. The van der Waals surface area contributed by atoms with E-state index in [0.29, 0.717) is 0 Å². The molecule has 2 rings (SSSR count). The Morgan fingerprint density at radius 1 is 1.45 bits per heavy atom. The van der Waals surface area contributed by atoms with Crippen molar-refractivity contribution in [2.45, 2.75) is 31.6 Å². The zero-order chi connectivity index (χ0) is 14.8. The first-order valence-corrected chi connectivity index (χ1v) is 6.98. The summed E-state index contributed by atoms with van der Waals surface area (Å²) in [5, 5.41) is 8.12. The zero-order valence-corrected chi connectivity index (χ0v) is 11.2. The molecule has 0 bridgehead atoms.